The molecule has 0 saturated heterocycles. The van der Waals surface area contributed by atoms with Crippen LogP contribution in [0.25, 0.3) is 0 Å². The summed E-state index contributed by atoms with van der Waals surface area (Å²) in [6.45, 7) is 3.62. The van der Waals surface area contributed by atoms with Crippen molar-refractivity contribution in [3.63, 3.8) is 0 Å². The van der Waals surface area contributed by atoms with Gasteiger partial charge in [0.15, 0.2) is 0 Å². The molecule has 0 amide bonds. The maximum absolute atomic E-state index is 5.94. The smallest absolute Gasteiger partial charge is 0.0947 e. The molecule has 19 heavy (non-hydrogen) atoms. The van der Waals surface area contributed by atoms with E-state index in [1.807, 2.05) is 6.07 Å². The number of nitrogens with two attached hydrogens (primary N) is 1. The van der Waals surface area contributed by atoms with Gasteiger partial charge in [0.1, 0.15) is 0 Å². The van der Waals surface area contributed by atoms with E-state index in [9.17, 15) is 0 Å². The summed E-state index contributed by atoms with van der Waals surface area (Å²) < 4.78 is 5.11. The maximum atomic E-state index is 5.94. The second kappa shape index (κ2) is 6.55. The SMILES string of the molecule is CCc1ccc(C(CN)N(C)Cc2ccoc2)cc1. The lowest BCUT2D eigenvalue weighted by Crippen LogP contribution is -2.30. The van der Waals surface area contributed by atoms with E-state index < -0.39 is 0 Å². The number of hydrogen-bond donors (Lipinski definition) is 1. The molecule has 1 aromatic carbocycles. The third-order valence-electron chi connectivity index (χ3n) is 3.54. The fourth-order valence-corrected chi connectivity index (χ4v) is 2.33. The average Bonchev–Trinajstić information content (AvgIpc) is 2.93. The summed E-state index contributed by atoms with van der Waals surface area (Å²) in [6, 6.07) is 11.0. The second-order valence-electron chi connectivity index (χ2n) is 4.89. The van der Waals surface area contributed by atoms with Gasteiger partial charge in [0.2, 0.25) is 0 Å². The normalized spacial score (nSPS) is 12.8. The Labute approximate surface area is 115 Å². The van der Waals surface area contributed by atoms with E-state index in [1.165, 1.54) is 16.7 Å². The number of furan rings is 1. The highest BCUT2D eigenvalue weighted by Crippen LogP contribution is 2.21. The summed E-state index contributed by atoms with van der Waals surface area (Å²) >= 11 is 0. The van der Waals surface area contributed by atoms with Crippen molar-refractivity contribution in [3.8, 4) is 0 Å². The molecule has 1 heterocycles. The molecular formula is C16H22N2O. The molecular weight excluding hydrogens is 236 g/mol. The molecule has 0 spiro atoms. The van der Waals surface area contributed by atoms with Crippen LogP contribution in [0.3, 0.4) is 0 Å². The monoisotopic (exact) mass is 258 g/mol. The lowest BCUT2D eigenvalue weighted by atomic mass is 10.0. The van der Waals surface area contributed by atoms with Crippen LogP contribution in [0.15, 0.2) is 47.3 Å². The molecule has 2 N–H and O–H groups in total. The first-order valence-electron chi connectivity index (χ1n) is 6.74. The van der Waals surface area contributed by atoms with E-state index in [4.69, 9.17) is 10.2 Å². The van der Waals surface area contributed by atoms with Crippen LogP contribution in [0.1, 0.15) is 29.7 Å². The maximum Gasteiger partial charge on any atom is 0.0947 e. The molecule has 3 heteroatoms. The molecule has 2 aromatic rings. The van der Waals surface area contributed by atoms with Crippen LogP contribution in [0.5, 0.6) is 0 Å². The van der Waals surface area contributed by atoms with Gasteiger partial charge >= 0.3 is 0 Å². The predicted molar refractivity (Wildman–Crippen MR) is 77.8 cm³/mol. The molecule has 0 fully saturated rings. The van der Waals surface area contributed by atoms with Crippen LogP contribution < -0.4 is 5.73 Å². The lowest BCUT2D eigenvalue weighted by Gasteiger charge is -2.27. The first-order valence-corrected chi connectivity index (χ1v) is 6.74. The van der Waals surface area contributed by atoms with E-state index in [0.717, 1.165) is 13.0 Å². The predicted octanol–water partition coefficient (Wildman–Crippen LogP) is 2.97. The molecule has 2 rings (SSSR count). The van der Waals surface area contributed by atoms with Gasteiger partial charge in [-0.3, -0.25) is 4.90 Å². The van der Waals surface area contributed by atoms with Crippen LogP contribution in [-0.4, -0.2) is 18.5 Å². The Balaban J connectivity index is 2.09. The summed E-state index contributed by atoms with van der Waals surface area (Å²) in [6.07, 6.45) is 4.55. The third kappa shape index (κ3) is 3.46. The quantitative estimate of drug-likeness (QED) is 0.866. The molecule has 0 aliphatic rings. The number of likely N-dealkylation sites (N-methyl/N-ethyl adjacent to an activating group) is 1. The highest BCUT2D eigenvalue weighted by Gasteiger charge is 2.15. The average molecular weight is 258 g/mol. The highest BCUT2D eigenvalue weighted by atomic mass is 16.3. The van der Waals surface area contributed by atoms with Gasteiger partial charge < -0.3 is 10.2 Å². The van der Waals surface area contributed by atoms with Gasteiger partial charge in [-0.1, -0.05) is 31.2 Å². The molecule has 1 aromatic heterocycles. The van der Waals surface area contributed by atoms with Gasteiger partial charge in [-0.25, -0.2) is 0 Å². The van der Waals surface area contributed by atoms with Gasteiger partial charge in [0.05, 0.1) is 12.5 Å². The molecule has 0 saturated carbocycles. The molecule has 0 aliphatic carbocycles. The Hall–Kier alpha value is -1.58. The van der Waals surface area contributed by atoms with Gasteiger partial charge in [-0.05, 0) is 30.7 Å². The molecule has 0 bridgehead atoms. The lowest BCUT2D eigenvalue weighted by molar-refractivity contribution is 0.241. The fourth-order valence-electron chi connectivity index (χ4n) is 2.33. The van der Waals surface area contributed by atoms with Crippen LogP contribution in [0.2, 0.25) is 0 Å². The van der Waals surface area contributed by atoms with E-state index >= 15 is 0 Å². The van der Waals surface area contributed by atoms with E-state index in [2.05, 4.69) is 43.1 Å². The summed E-state index contributed by atoms with van der Waals surface area (Å²) in [5, 5.41) is 0. The molecule has 0 aliphatic heterocycles. The number of hydrogen-bond acceptors (Lipinski definition) is 3. The van der Waals surface area contributed by atoms with E-state index in [0.29, 0.717) is 6.54 Å². The largest absolute Gasteiger partial charge is 0.472 e. The second-order valence-corrected chi connectivity index (χ2v) is 4.89. The fraction of sp³-hybridized carbons (Fsp3) is 0.375. The zero-order valence-corrected chi connectivity index (χ0v) is 11.7. The van der Waals surface area contributed by atoms with Crippen molar-refractivity contribution in [2.24, 2.45) is 5.73 Å². The Morgan fingerprint density at radius 3 is 2.42 bits per heavy atom. The van der Waals surface area contributed by atoms with Gasteiger partial charge in [0.25, 0.3) is 0 Å². The standard InChI is InChI=1S/C16H22N2O/c1-3-13-4-6-15(7-5-13)16(10-17)18(2)11-14-8-9-19-12-14/h4-9,12,16H,3,10-11,17H2,1-2H3. The Kier molecular flexibility index (Phi) is 4.77. The molecule has 1 atom stereocenters. The topological polar surface area (TPSA) is 42.4 Å². The van der Waals surface area contributed by atoms with Gasteiger partial charge in [-0.2, -0.15) is 0 Å². The Morgan fingerprint density at radius 2 is 1.89 bits per heavy atom. The van der Waals surface area contributed by atoms with Crippen molar-refractivity contribution in [2.45, 2.75) is 25.9 Å². The van der Waals surface area contributed by atoms with E-state index in [-0.39, 0.29) is 6.04 Å². The highest BCUT2D eigenvalue weighted by molar-refractivity contribution is 5.25. The van der Waals surface area contributed by atoms with Crippen molar-refractivity contribution in [1.29, 1.82) is 0 Å². The van der Waals surface area contributed by atoms with Crippen molar-refractivity contribution >= 4 is 0 Å². The van der Waals surface area contributed by atoms with Crippen LogP contribution in [0.4, 0.5) is 0 Å². The number of aryl methyl sites for hydroxylation is 1. The number of benzene rings is 1. The van der Waals surface area contributed by atoms with E-state index in [1.54, 1.807) is 12.5 Å². The van der Waals surface area contributed by atoms with Crippen molar-refractivity contribution in [1.82, 2.24) is 4.90 Å². The molecule has 1 unspecified atom stereocenters. The first kappa shape index (κ1) is 13.8. The van der Waals surface area contributed by atoms with Gasteiger partial charge in [0, 0.05) is 24.7 Å². The summed E-state index contributed by atoms with van der Waals surface area (Å²) in [5.74, 6) is 0. The molecule has 0 radical (unpaired) electrons. The minimum atomic E-state index is 0.237. The van der Waals surface area contributed by atoms with Crippen molar-refractivity contribution < 1.29 is 4.42 Å². The number of rotatable bonds is 6. The van der Waals surface area contributed by atoms with Gasteiger partial charge in [-0.15, -0.1) is 0 Å². The third-order valence-corrected chi connectivity index (χ3v) is 3.54. The number of nitrogens with zero attached hydrogens (tertiary/aromatic N) is 1. The zero-order valence-electron chi connectivity index (χ0n) is 11.7. The first-order chi connectivity index (χ1) is 9.24. The van der Waals surface area contributed by atoms with Crippen LogP contribution >= 0.6 is 0 Å². The zero-order chi connectivity index (χ0) is 13.7. The van der Waals surface area contributed by atoms with Crippen molar-refractivity contribution in [2.75, 3.05) is 13.6 Å². The van der Waals surface area contributed by atoms with Crippen LogP contribution in [0, 0.1) is 0 Å². The molecule has 3 nitrogen and oxygen atoms in total. The summed E-state index contributed by atoms with van der Waals surface area (Å²) in [4.78, 5) is 2.26. The summed E-state index contributed by atoms with van der Waals surface area (Å²) in [5.41, 5.74) is 9.74. The minimum Gasteiger partial charge on any atom is -0.472 e. The van der Waals surface area contributed by atoms with Crippen molar-refractivity contribution in [3.05, 3.63) is 59.5 Å². The van der Waals surface area contributed by atoms with Crippen LogP contribution in [-0.2, 0) is 13.0 Å². The Morgan fingerprint density at radius 1 is 1.16 bits per heavy atom. The molecule has 102 valence electrons. The summed E-state index contributed by atoms with van der Waals surface area (Å²) in [7, 11) is 2.10. The minimum absolute atomic E-state index is 0.237. The Bertz CT molecular complexity index is 476.